The summed E-state index contributed by atoms with van der Waals surface area (Å²) in [6, 6.07) is 0.329. The lowest BCUT2D eigenvalue weighted by molar-refractivity contribution is -0.145. The highest BCUT2D eigenvalue weighted by Gasteiger charge is 2.22. The summed E-state index contributed by atoms with van der Waals surface area (Å²) >= 11 is 0. The van der Waals surface area contributed by atoms with E-state index in [-0.39, 0.29) is 6.61 Å². The zero-order chi connectivity index (χ0) is 7.40. The molecule has 1 aliphatic heterocycles. The minimum absolute atomic E-state index is 0.244. The monoisotopic (exact) mass is 147 g/mol. The molecule has 0 amide bonds. The second-order valence-electron chi connectivity index (χ2n) is 2.70. The zero-order valence-corrected chi connectivity index (χ0v) is 6.35. The summed E-state index contributed by atoms with van der Waals surface area (Å²) < 4.78 is 11.4. The molecule has 2 nitrogen and oxygen atoms in total. The van der Waals surface area contributed by atoms with Gasteiger partial charge in [-0.3, -0.25) is 4.90 Å². The van der Waals surface area contributed by atoms with Gasteiger partial charge >= 0.3 is 0 Å². The van der Waals surface area contributed by atoms with Crippen molar-refractivity contribution in [2.75, 3.05) is 19.7 Å². The molecule has 0 aliphatic carbocycles. The number of likely N-dealkylation sites (N-methyl/N-ethyl adjacent to an activating group) is 1. The van der Waals surface area contributed by atoms with Crippen molar-refractivity contribution in [1.29, 1.82) is 0 Å². The highest BCUT2D eigenvalue weighted by molar-refractivity contribution is 4.77. The molecule has 0 radical (unpaired) electrons. The van der Waals surface area contributed by atoms with Crippen LogP contribution in [-0.2, 0) is 4.94 Å². The van der Waals surface area contributed by atoms with Crippen LogP contribution in [0, 0.1) is 0 Å². The van der Waals surface area contributed by atoms with Crippen LogP contribution in [0.2, 0.25) is 0 Å². The van der Waals surface area contributed by atoms with Gasteiger partial charge in [0.25, 0.3) is 0 Å². The fourth-order valence-electron chi connectivity index (χ4n) is 1.57. The summed E-state index contributed by atoms with van der Waals surface area (Å²) in [5.41, 5.74) is 0. The Morgan fingerprint density at radius 2 is 2.50 bits per heavy atom. The first-order valence-corrected chi connectivity index (χ1v) is 3.86. The third-order valence-electron chi connectivity index (χ3n) is 2.16. The molecule has 0 N–H and O–H groups in total. The topological polar surface area (TPSA) is 12.5 Å². The predicted octanol–water partition coefficient (Wildman–Crippen LogP) is 1.37. The summed E-state index contributed by atoms with van der Waals surface area (Å²) in [7, 11) is 0. The molecule has 1 atom stereocenters. The second kappa shape index (κ2) is 3.88. The van der Waals surface area contributed by atoms with Crippen molar-refractivity contribution in [3.8, 4) is 0 Å². The van der Waals surface area contributed by atoms with Gasteiger partial charge < -0.3 is 0 Å². The van der Waals surface area contributed by atoms with Crippen molar-refractivity contribution in [1.82, 2.24) is 4.90 Å². The van der Waals surface area contributed by atoms with Gasteiger partial charge in [-0.1, -0.05) is 6.92 Å². The number of halogens is 1. The van der Waals surface area contributed by atoms with E-state index in [9.17, 15) is 4.53 Å². The van der Waals surface area contributed by atoms with Gasteiger partial charge in [0.05, 0.1) is 0 Å². The maximum atomic E-state index is 11.4. The number of hydrogen-bond acceptors (Lipinski definition) is 2. The molecular formula is C7H14FNO. The van der Waals surface area contributed by atoms with Crippen LogP contribution < -0.4 is 0 Å². The average Bonchev–Trinajstić information content (AvgIpc) is 2.36. The number of hydrogen-bond donors (Lipinski definition) is 0. The van der Waals surface area contributed by atoms with Crippen LogP contribution in [0.4, 0.5) is 4.53 Å². The van der Waals surface area contributed by atoms with Crippen LogP contribution in [-0.4, -0.2) is 30.6 Å². The lowest BCUT2D eigenvalue weighted by Crippen LogP contribution is -2.32. The van der Waals surface area contributed by atoms with Crippen LogP contribution in [0.5, 0.6) is 0 Å². The molecule has 0 bridgehead atoms. The van der Waals surface area contributed by atoms with E-state index in [2.05, 4.69) is 16.8 Å². The SMILES string of the molecule is CCN1CCCC1COF. The molecular weight excluding hydrogens is 133 g/mol. The van der Waals surface area contributed by atoms with Crippen LogP contribution in [0.15, 0.2) is 0 Å². The maximum absolute atomic E-state index is 11.4. The number of rotatable bonds is 3. The van der Waals surface area contributed by atoms with Crippen LogP contribution >= 0.6 is 0 Å². The standard InChI is InChI=1S/C7H14FNO/c1-2-9-5-3-4-7(9)6-10-8/h7H,2-6H2,1H3. The fourth-order valence-corrected chi connectivity index (χ4v) is 1.57. The van der Waals surface area contributed by atoms with Crippen LogP contribution in [0.25, 0.3) is 0 Å². The summed E-state index contributed by atoms with van der Waals surface area (Å²) in [4.78, 5) is 5.87. The Morgan fingerprint density at radius 3 is 3.10 bits per heavy atom. The first-order chi connectivity index (χ1) is 4.88. The molecule has 0 aromatic rings. The highest BCUT2D eigenvalue weighted by Crippen LogP contribution is 2.16. The van der Waals surface area contributed by atoms with Gasteiger partial charge in [0.2, 0.25) is 0 Å². The molecule has 10 heavy (non-hydrogen) atoms. The Kier molecular flexibility index (Phi) is 3.09. The summed E-state index contributed by atoms with van der Waals surface area (Å²) in [6.45, 7) is 4.45. The lowest BCUT2D eigenvalue weighted by Gasteiger charge is -2.19. The molecule has 1 rings (SSSR count). The lowest BCUT2D eigenvalue weighted by atomic mass is 10.2. The Hall–Kier alpha value is -0.150. The van der Waals surface area contributed by atoms with Crippen molar-refractivity contribution in [3.05, 3.63) is 0 Å². The Labute approximate surface area is 60.9 Å². The molecule has 60 valence electrons. The Morgan fingerprint density at radius 1 is 1.70 bits per heavy atom. The smallest absolute Gasteiger partial charge is 0.103 e. The van der Waals surface area contributed by atoms with E-state index in [1.807, 2.05) is 0 Å². The molecule has 1 unspecified atom stereocenters. The summed E-state index contributed by atoms with van der Waals surface area (Å²) in [5.74, 6) is 0. The zero-order valence-electron chi connectivity index (χ0n) is 6.35. The third-order valence-corrected chi connectivity index (χ3v) is 2.16. The normalized spacial score (nSPS) is 27.6. The van der Waals surface area contributed by atoms with E-state index in [1.165, 1.54) is 6.42 Å². The van der Waals surface area contributed by atoms with E-state index >= 15 is 0 Å². The van der Waals surface area contributed by atoms with Gasteiger partial charge in [0, 0.05) is 6.04 Å². The first kappa shape index (κ1) is 7.95. The minimum atomic E-state index is 0.244. The molecule has 0 spiro atoms. The Balaban J connectivity index is 2.27. The third kappa shape index (κ3) is 1.67. The molecule has 0 aromatic heterocycles. The number of nitrogens with zero attached hydrogens (tertiary/aromatic N) is 1. The van der Waals surface area contributed by atoms with Crippen molar-refractivity contribution in [2.24, 2.45) is 0 Å². The van der Waals surface area contributed by atoms with Crippen LogP contribution in [0.1, 0.15) is 19.8 Å². The van der Waals surface area contributed by atoms with Gasteiger partial charge in [0.1, 0.15) is 6.61 Å². The van der Waals surface area contributed by atoms with Crippen molar-refractivity contribution in [2.45, 2.75) is 25.8 Å². The summed E-state index contributed by atoms with van der Waals surface area (Å²) in [6.07, 6.45) is 2.26. The van der Waals surface area contributed by atoms with E-state index in [4.69, 9.17) is 0 Å². The second-order valence-corrected chi connectivity index (χ2v) is 2.70. The fraction of sp³-hybridized carbons (Fsp3) is 1.00. The quantitative estimate of drug-likeness (QED) is 0.597. The molecule has 1 saturated heterocycles. The average molecular weight is 147 g/mol. The van der Waals surface area contributed by atoms with E-state index in [0.717, 1.165) is 19.5 Å². The summed E-state index contributed by atoms with van der Waals surface area (Å²) in [5, 5.41) is 0. The van der Waals surface area contributed by atoms with E-state index in [0.29, 0.717) is 6.04 Å². The first-order valence-electron chi connectivity index (χ1n) is 3.86. The molecule has 1 heterocycles. The molecule has 1 aliphatic rings. The minimum Gasteiger partial charge on any atom is -0.298 e. The molecule has 0 saturated carbocycles. The highest BCUT2D eigenvalue weighted by atomic mass is 19.3. The maximum Gasteiger partial charge on any atom is 0.103 e. The largest absolute Gasteiger partial charge is 0.298 e. The molecule has 3 heteroatoms. The van der Waals surface area contributed by atoms with Crippen LogP contribution in [0.3, 0.4) is 0 Å². The molecule has 1 fully saturated rings. The number of likely N-dealkylation sites (tertiary alicyclic amines) is 1. The van der Waals surface area contributed by atoms with Gasteiger partial charge in [-0.2, -0.15) is 4.94 Å². The van der Waals surface area contributed by atoms with E-state index < -0.39 is 0 Å². The van der Waals surface area contributed by atoms with Gasteiger partial charge in [0.15, 0.2) is 0 Å². The molecule has 0 aromatic carbocycles. The Bertz CT molecular complexity index is 99.6. The van der Waals surface area contributed by atoms with Gasteiger partial charge in [-0.15, -0.1) is 0 Å². The van der Waals surface area contributed by atoms with Gasteiger partial charge in [-0.25, -0.2) is 0 Å². The predicted molar refractivity (Wildman–Crippen MR) is 37.3 cm³/mol. The van der Waals surface area contributed by atoms with Crippen molar-refractivity contribution < 1.29 is 9.47 Å². The van der Waals surface area contributed by atoms with Gasteiger partial charge in [-0.05, 0) is 30.5 Å². The van der Waals surface area contributed by atoms with Crippen molar-refractivity contribution >= 4 is 0 Å². The van der Waals surface area contributed by atoms with Crippen molar-refractivity contribution in [3.63, 3.8) is 0 Å². The van der Waals surface area contributed by atoms with E-state index in [1.54, 1.807) is 0 Å².